The maximum absolute atomic E-state index is 9.63. The Hall–Kier alpha value is -0.590. The molecule has 0 aliphatic heterocycles. The molecule has 6 heavy (non-hydrogen) atoms. The summed E-state index contributed by atoms with van der Waals surface area (Å²) < 4.78 is 0. The Morgan fingerprint density at radius 1 is 1.83 bits per heavy atom. The van der Waals surface area contributed by atoms with Gasteiger partial charge in [0.15, 0.2) is 0 Å². The molecule has 0 aromatic rings. The molecule has 1 heteroatoms. The monoisotopic (exact) mass is 83.0 g/mol. The molecule has 1 nitrogen and oxygen atoms in total. The van der Waals surface area contributed by atoms with Crippen LogP contribution in [-0.2, 0) is 4.79 Å². The maximum Gasteiger partial charge on any atom is 0.145 e. The van der Waals surface area contributed by atoms with Crippen LogP contribution in [0.25, 0.3) is 0 Å². The van der Waals surface area contributed by atoms with Gasteiger partial charge in [0.05, 0.1) is 0 Å². The minimum absolute atomic E-state index is 0.676. The fraction of sp³-hybridized carbons (Fsp3) is 0.200. The van der Waals surface area contributed by atoms with Gasteiger partial charge < -0.3 is 0 Å². The summed E-state index contributed by atoms with van der Waals surface area (Å²) in [5, 5.41) is 0. The summed E-state index contributed by atoms with van der Waals surface area (Å²) in [4.78, 5) is 9.63. The maximum atomic E-state index is 9.63. The van der Waals surface area contributed by atoms with E-state index in [2.05, 4.69) is 6.92 Å². The lowest BCUT2D eigenvalue weighted by Gasteiger charge is -1.73. The van der Waals surface area contributed by atoms with Crippen molar-refractivity contribution in [3.8, 4) is 0 Å². The predicted molar refractivity (Wildman–Crippen MR) is 25.2 cm³/mol. The zero-order valence-corrected chi connectivity index (χ0v) is 3.77. The molecule has 33 valence electrons. The van der Waals surface area contributed by atoms with Crippen molar-refractivity contribution in [1.29, 1.82) is 0 Å². The Bertz CT molecular complexity index is 72.0. The van der Waals surface area contributed by atoms with E-state index in [0.29, 0.717) is 5.57 Å². The average molecular weight is 83.1 g/mol. The molecule has 0 bridgehead atoms. The Morgan fingerprint density at radius 2 is 2.33 bits per heavy atom. The van der Waals surface area contributed by atoms with Gasteiger partial charge in [-0.1, -0.05) is 6.08 Å². The third-order valence-electron chi connectivity index (χ3n) is 0.508. The van der Waals surface area contributed by atoms with Crippen LogP contribution in [0.5, 0.6) is 0 Å². The fourth-order valence-electron chi connectivity index (χ4n) is 0.0481. The Kier molecular flexibility index (Phi) is 2.38. The first-order valence-electron chi connectivity index (χ1n) is 1.72. The number of allylic oxidation sites excluding steroid dienone is 2. The fourth-order valence-corrected chi connectivity index (χ4v) is 0.0481. The smallest absolute Gasteiger partial charge is 0.145 e. The molecule has 0 aliphatic rings. The molecule has 0 atom stereocenters. The number of carbonyl (C=O) groups excluding carboxylic acids is 1. The van der Waals surface area contributed by atoms with Gasteiger partial charge in [0.2, 0.25) is 0 Å². The lowest BCUT2D eigenvalue weighted by Crippen LogP contribution is -1.69. The van der Waals surface area contributed by atoms with Gasteiger partial charge in [-0.2, -0.15) is 0 Å². The normalized spacial score (nSPS) is 11.3. The molecule has 0 heterocycles. The van der Waals surface area contributed by atoms with Crippen LogP contribution < -0.4 is 0 Å². The van der Waals surface area contributed by atoms with Gasteiger partial charge in [-0.25, -0.2) is 0 Å². The molecule has 0 unspecified atom stereocenters. The molecular formula is C5H7O. The molecule has 0 rings (SSSR count). The van der Waals surface area contributed by atoms with Crippen molar-refractivity contribution < 1.29 is 4.79 Å². The summed E-state index contributed by atoms with van der Waals surface area (Å²) in [5.74, 6) is 0. The van der Waals surface area contributed by atoms with Crippen LogP contribution in [0.2, 0.25) is 0 Å². The second-order valence-electron chi connectivity index (χ2n) is 1.07. The third-order valence-corrected chi connectivity index (χ3v) is 0.508. The Morgan fingerprint density at radius 3 is 2.33 bits per heavy atom. The van der Waals surface area contributed by atoms with Gasteiger partial charge in [-0.05, 0) is 19.4 Å². The zero-order valence-electron chi connectivity index (χ0n) is 3.77. The van der Waals surface area contributed by atoms with Crippen molar-refractivity contribution in [3.63, 3.8) is 0 Å². The number of hydrogen-bond acceptors (Lipinski definition) is 1. The van der Waals surface area contributed by atoms with E-state index in [1.807, 2.05) is 0 Å². The largest absolute Gasteiger partial charge is 0.298 e. The first-order chi connectivity index (χ1) is 2.81. The van der Waals surface area contributed by atoms with E-state index in [4.69, 9.17) is 0 Å². The number of aldehydes is 1. The van der Waals surface area contributed by atoms with Crippen molar-refractivity contribution in [2.45, 2.75) is 6.92 Å². The average Bonchev–Trinajstić information content (AvgIpc) is 1.65. The van der Waals surface area contributed by atoms with Gasteiger partial charge in [0.25, 0.3) is 0 Å². The zero-order chi connectivity index (χ0) is 4.99. The lowest BCUT2D eigenvalue weighted by atomic mass is 10.3. The first-order valence-corrected chi connectivity index (χ1v) is 1.72. The molecule has 0 aliphatic carbocycles. The lowest BCUT2D eigenvalue weighted by molar-refractivity contribution is -0.104. The summed E-state index contributed by atoms with van der Waals surface area (Å²) in [7, 11) is 0. The molecule has 0 aromatic heterocycles. The van der Waals surface area contributed by atoms with E-state index < -0.39 is 0 Å². The van der Waals surface area contributed by atoms with Crippen LogP contribution in [0.1, 0.15) is 6.92 Å². The van der Waals surface area contributed by atoms with Crippen LogP contribution in [-0.4, -0.2) is 6.29 Å². The number of hydrogen-bond donors (Lipinski definition) is 0. The Labute approximate surface area is 37.7 Å². The van der Waals surface area contributed by atoms with Crippen LogP contribution in [0.4, 0.5) is 0 Å². The summed E-state index contributed by atoms with van der Waals surface area (Å²) in [6.45, 7) is 5.07. The molecule has 0 amide bonds. The van der Waals surface area contributed by atoms with Crippen molar-refractivity contribution in [1.82, 2.24) is 0 Å². The molecule has 0 fully saturated rings. The second-order valence-corrected chi connectivity index (χ2v) is 1.07. The van der Waals surface area contributed by atoms with Gasteiger partial charge in [0, 0.05) is 0 Å². The van der Waals surface area contributed by atoms with Crippen LogP contribution in [0.3, 0.4) is 0 Å². The standard InChI is InChI=1S/C5H7O/c1-3-5(2)4-6/h3-4H,1H2,2H3. The second kappa shape index (κ2) is 2.64. The van der Waals surface area contributed by atoms with E-state index in [1.165, 1.54) is 6.08 Å². The molecule has 0 N–H and O–H groups in total. The topological polar surface area (TPSA) is 17.1 Å². The molecule has 0 saturated heterocycles. The minimum Gasteiger partial charge on any atom is -0.298 e. The highest BCUT2D eigenvalue weighted by molar-refractivity contribution is 5.72. The van der Waals surface area contributed by atoms with E-state index in [-0.39, 0.29) is 0 Å². The van der Waals surface area contributed by atoms with Gasteiger partial charge in [-0.3, -0.25) is 4.79 Å². The van der Waals surface area contributed by atoms with Crippen molar-refractivity contribution >= 4 is 6.29 Å². The highest BCUT2D eigenvalue weighted by Gasteiger charge is 1.72. The molecule has 1 radical (unpaired) electrons. The summed E-state index contributed by atoms with van der Waals surface area (Å²) in [5.41, 5.74) is 0.676. The van der Waals surface area contributed by atoms with E-state index in [1.54, 1.807) is 6.92 Å². The minimum atomic E-state index is 0.676. The summed E-state index contributed by atoms with van der Waals surface area (Å²) >= 11 is 0. The molecule has 0 saturated carbocycles. The van der Waals surface area contributed by atoms with Gasteiger partial charge in [-0.15, -0.1) is 0 Å². The van der Waals surface area contributed by atoms with E-state index in [0.717, 1.165) is 6.29 Å². The number of carbonyl (C=O) groups is 1. The number of rotatable bonds is 1. The first kappa shape index (κ1) is 5.41. The van der Waals surface area contributed by atoms with Crippen LogP contribution in [0.15, 0.2) is 11.6 Å². The molecular weight excluding hydrogens is 76.1 g/mol. The van der Waals surface area contributed by atoms with Crippen molar-refractivity contribution in [3.05, 3.63) is 18.6 Å². The van der Waals surface area contributed by atoms with Crippen LogP contribution in [0, 0.1) is 6.92 Å². The molecule has 0 aromatic carbocycles. The van der Waals surface area contributed by atoms with E-state index >= 15 is 0 Å². The highest BCUT2D eigenvalue weighted by Crippen LogP contribution is 1.79. The Balaban J connectivity index is 3.50. The predicted octanol–water partition coefficient (Wildman–Crippen LogP) is 0.966. The van der Waals surface area contributed by atoms with Gasteiger partial charge in [0.1, 0.15) is 6.29 Å². The molecule has 0 spiro atoms. The summed E-state index contributed by atoms with van der Waals surface area (Å²) in [6, 6.07) is 0. The van der Waals surface area contributed by atoms with E-state index in [9.17, 15) is 4.79 Å². The SMILES string of the molecule is [CH2]C=C(C)C=O. The van der Waals surface area contributed by atoms with Crippen LogP contribution >= 0.6 is 0 Å². The van der Waals surface area contributed by atoms with Crippen molar-refractivity contribution in [2.75, 3.05) is 0 Å². The quantitative estimate of drug-likeness (QED) is 0.341. The van der Waals surface area contributed by atoms with Gasteiger partial charge >= 0.3 is 0 Å². The highest BCUT2D eigenvalue weighted by atomic mass is 16.1. The van der Waals surface area contributed by atoms with Crippen molar-refractivity contribution in [2.24, 2.45) is 0 Å². The third kappa shape index (κ3) is 1.70. The summed E-state index contributed by atoms with van der Waals surface area (Å²) in [6.07, 6.45) is 2.29.